The number of carbonyl (C=O) groups excluding carboxylic acids is 3. The summed E-state index contributed by atoms with van der Waals surface area (Å²) in [6.07, 6.45) is -0.979. The molecule has 1 N–H and O–H groups in total. The Morgan fingerprint density at radius 1 is 1.14 bits per heavy atom. The SMILES string of the molecule is COC(=O)C(=O)NC(=O)OC(C)(C)C. The first-order valence-electron chi connectivity index (χ1n) is 3.88. The molecule has 0 aliphatic heterocycles. The average Bonchev–Trinajstić information content (AvgIpc) is 1.99. The first-order valence-corrected chi connectivity index (χ1v) is 3.88. The highest BCUT2D eigenvalue weighted by atomic mass is 16.6. The largest absolute Gasteiger partial charge is 0.462 e. The van der Waals surface area contributed by atoms with E-state index in [2.05, 4.69) is 4.74 Å². The molecule has 14 heavy (non-hydrogen) atoms. The van der Waals surface area contributed by atoms with Gasteiger partial charge in [0.15, 0.2) is 0 Å². The Hall–Kier alpha value is -1.59. The van der Waals surface area contributed by atoms with Crippen molar-refractivity contribution < 1.29 is 23.9 Å². The molecule has 0 heterocycles. The van der Waals surface area contributed by atoms with Crippen molar-refractivity contribution >= 4 is 18.0 Å². The summed E-state index contributed by atoms with van der Waals surface area (Å²) in [7, 11) is 1.04. The summed E-state index contributed by atoms with van der Waals surface area (Å²) in [5.74, 6) is -2.29. The van der Waals surface area contributed by atoms with E-state index in [-0.39, 0.29) is 0 Å². The number of alkyl carbamates (subject to hydrolysis) is 1. The lowest BCUT2D eigenvalue weighted by molar-refractivity contribution is -0.152. The van der Waals surface area contributed by atoms with Crippen molar-refractivity contribution in [3.05, 3.63) is 0 Å². The van der Waals surface area contributed by atoms with Crippen LogP contribution in [0.2, 0.25) is 0 Å². The van der Waals surface area contributed by atoms with Gasteiger partial charge in [0.1, 0.15) is 5.60 Å². The minimum absolute atomic E-state index is 0.722. The van der Waals surface area contributed by atoms with Gasteiger partial charge in [-0.3, -0.25) is 10.1 Å². The fourth-order valence-corrected chi connectivity index (χ4v) is 0.540. The second-order valence-electron chi connectivity index (χ2n) is 3.45. The molecular weight excluding hydrogens is 190 g/mol. The van der Waals surface area contributed by atoms with E-state index in [9.17, 15) is 14.4 Å². The van der Waals surface area contributed by atoms with Gasteiger partial charge in [-0.2, -0.15) is 0 Å². The molecule has 0 saturated carbocycles. The van der Waals surface area contributed by atoms with Crippen LogP contribution in [0.15, 0.2) is 0 Å². The number of nitrogens with one attached hydrogen (secondary N) is 1. The number of hydrogen-bond donors (Lipinski definition) is 1. The lowest BCUT2D eigenvalue weighted by atomic mass is 10.2. The van der Waals surface area contributed by atoms with Crippen LogP contribution in [0.1, 0.15) is 20.8 Å². The van der Waals surface area contributed by atoms with E-state index in [4.69, 9.17) is 4.74 Å². The molecular formula is C8H13NO5. The number of hydrogen-bond acceptors (Lipinski definition) is 5. The first-order chi connectivity index (χ1) is 6.26. The van der Waals surface area contributed by atoms with E-state index >= 15 is 0 Å². The Labute approximate surface area is 81.6 Å². The van der Waals surface area contributed by atoms with Gasteiger partial charge in [-0.15, -0.1) is 0 Å². The van der Waals surface area contributed by atoms with Gasteiger partial charge in [0.25, 0.3) is 0 Å². The van der Waals surface area contributed by atoms with Crippen LogP contribution in [-0.2, 0) is 19.1 Å². The minimum Gasteiger partial charge on any atom is -0.462 e. The standard InChI is InChI=1S/C8H13NO5/c1-8(2,3)14-7(12)9-5(10)6(11)13-4/h1-4H3,(H,9,10,12). The highest BCUT2D eigenvalue weighted by molar-refractivity contribution is 6.35. The molecule has 2 amide bonds. The Morgan fingerprint density at radius 2 is 1.64 bits per heavy atom. The third kappa shape index (κ3) is 5.13. The fourth-order valence-electron chi connectivity index (χ4n) is 0.540. The van der Waals surface area contributed by atoms with Crippen LogP contribution in [0.5, 0.6) is 0 Å². The van der Waals surface area contributed by atoms with Gasteiger partial charge in [-0.25, -0.2) is 9.59 Å². The zero-order valence-electron chi connectivity index (χ0n) is 8.54. The van der Waals surface area contributed by atoms with Crippen molar-refractivity contribution in [1.29, 1.82) is 0 Å². The van der Waals surface area contributed by atoms with E-state index in [1.54, 1.807) is 26.1 Å². The summed E-state index contributed by atoms with van der Waals surface area (Å²) in [6.45, 7) is 4.90. The van der Waals surface area contributed by atoms with Crippen LogP contribution < -0.4 is 5.32 Å². The lowest BCUT2D eigenvalue weighted by Gasteiger charge is -2.18. The third-order valence-electron chi connectivity index (χ3n) is 0.985. The maximum absolute atomic E-state index is 10.9. The number of imide groups is 1. The van der Waals surface area contributed by atoms with E-state index < -0.39 is 23.6 Å². The van der Waals surface area contributed by atoms with Crippen molar-refractivity contribution in [1.82, 2.24) is 5.32 Å². The molecule has 0 aliphatic carbocycles. The maximum atomic E-state index is 10.9. The molecule has 80 valence electrons. The maximum Gasteiger partial charge on any atom is 0.414 e. The van der Waals surface area contributed by atoms with E-state index in [1.807, 2.05) is 0 Å². The van der Waals surface area contributed by atoms with Gasteiger partial charge in [0.05, 0.1) is 7.11 Å². The number of amides is 2. The summed E-state index contributed by atoms with van der Waals surface area (Å²) in [5.41, 5.74) is -0.722. The Balaban J connectivity index is 4.08. The van der Waals surface area contributed by atoms with Gasteiger partial charge in [-0.05, 0) is 20.8 Å². The summed E-state index contributed by atoms with van der Waals surface area (Å²) in [5, 5.41) is 1.71. The molecule has 0 radical (unpaired) electrons. The molecule has 0 fully saturated rings. The van der Waals surface area contributed by atoms with Gasteiger partial charge in [0.2, 0.25) is 0 Å². The number of carbonyl (C=O) groups is 3. The summed E-state index contributed by atoms with van der Waals surface area (Å²) in [4.78, 5) is 32.3. The van der Waals surface area contributed by atoms with Gasteiger partial charge < -0.3 is 9.47 Å². The molecule has 0 aromatic rings. The highest BCUT2D eigenvalue weighted by Gasteiger charge is 2.21. The van der Waals surface area contributed by atoms with Crippen molar-refractivity contribution in [2.75, 3.05) is 7.11 Å². The van der Waals surface area contributed by atoms with Crippen LogP contribution in [0.25, 0.3) is 0 Å². The molecule has 6 heteroatoms. The zero-order chi connectivity index (χ0) is 11.4. The molecule has 0 unspecified atom stereocenters. The number of esters is 1. The van der Waals surface area contributed by atoms with Crippen molar-refractivity contribution in [3.8, 4) is 0 Å². The topological polar surface area (TPSA) is 81.7 Å². The molecule has 0 rings (SSSR count). The van der Waals surface area contributed by atoms with Crippen LogP contribution in [0, 0.1) is 0 Å². The Bertz CT molecular complexity index is 253. The molecule has 0 aromatic heterocycles. The predicted octanol–water partition coefficient (Wildman–Crippen LogP) is 0.211. The molecule has 0 saturated heterocycles. The van der Waals surface area contributed by atoms with Crippen molar-refractivity contribution in [2.45, 2.75) is 26.4 Å². The van der Waals surface area contributed by atoms with E-state index in [1.165, 1.54) is 0 Å². The predicted molar refractivity (Wildman–Crippen MR) is 46.4 cm³/mol. The third-order valence-corrected chi connectivity index (χ3v) is 0.985. The van der Waals surface area contributed by atoms with Crippen LogP contribution >= 0.6 is 0 Å². The van der Waals surface area contributed by atoms with Crippen LogP contribution in [-0.4, -0.2) is 30.7 Å². The minimum atomic E-state index is -1.15. The van der Waals surface area contributed by atoms with Gasteiger partial charge >= 0.3 is 18.0 Å². The highest BCUT2D eigenvalue weighted by Crippen LogP contribution is 2.06. The molecule has 0 aliphatic rings. The second-order valence-corrected chi connectivity index (χ2v) is 3.45. The summed E-state index contributed by atoms with van der Waals surface area (Å²) in [6, 6.07) is 0. The monoisotopic (exact) mass is 203 g/mol. The average molecular weight is 203 g/mol. The van der Waals surface area contributed by atoms with E-state index in [0.29, 0.717) is 0 Å². The van der Waals surface area contributed by atoms with E-state index in [0.717, 1.165) is 7.11 Å². The Kier molecular flexibility index (Phi) is 4.07. The first kappa shape index (κ1) is 12.4. The zero-order valence-corrected chi connectivity index (χ0v) is 8.54. The number of rotatable bonds is 0. The van der Waals surface area contributed by atoms with Crippen molar-refractivity contribution in [3.63, 3.8) is 0 Å². The fraction of sp³-hybridized carbons (Fsp3) is 0.625. The van der Waals surface area contributed by atoms with Crippen LogP contribution in [0.4, 0.5) is 4.79 Å². The number of methoxy groups -OCH3 is 1. The normalized spacial score (nSPS) is 10.3. The summed E-state index contributed by atoms with van der Waals surface area (Å²) < 4.78 is 8.81. The molecule has 6 nitrogen and oxygen atoms in total. The Morgan fingerprint density at radius 3 is 2.00 bits per heavy atom. The van der Waals surface area contributed by atoms with Crippen LogP contribution in [0.3, 0.4) is 0 Å². The van der Waals surface area contributed by atoms with Gasteiger partial charge in [-0.1, -0.05) is 0 Å². The molecule has 0 spiro atoms. The van der Waals surface area contributed by atoms with Crippen molar-refractivity contribution in [2.24, 2.45) is 0 Å². The van der Waals surface area contributed by atoms with Gasteiger partial charge in [0, 0.05) is 0 Å². The smallest absolute Gasteiger partial charge is 0.414 e. The molecule has 0 atom stereocenters. The molecule has 0 aromatic carbocycles. The molecule has 0 bridgehead atoms. The summed E-state index contributed by atoms with van der Waals surface area (Å²) >= 11 is 0. The lowest BCUT2D eigenvalue weighted by Crippen LogP contribution is -2.40. The second kappa shape index (κ2) is 4.59. The quantitative estimate of drug-likeness (QED) is 0.449. The number of ether oxygens (including phenoxy) is 2.